The lowest BCUT2D eigenvalue weighted by atomic mass is 10.1. The van der Waals surface area contributed by atoms with Crippen molar-refractivity contribution < 1.29 is 4.79 Å². The summed E-state index contributed by atoms with van der Waals surface area (Å²) in [5.74, 6) is -0.175. The molecule has 0 aliphatic heterocycles. The summed E-state index contributed by atoms with van der Waals surface area (Å²) in [6, 6.07) is 17.0. The zero-order chi connectivity index (χ0) is 18.5. The van der Waals surface area contributed by atoms with Crippen LogP contribution in [0.2, 0.25) is 5.02 Å². The van der Waals surface area contributed by atoms with E-state index < -0.39 is 0 Å². The number of nitrogens with one attached hydrogen (secondary N) is 1. The van der Waals surface area contributed by atoms with E-state index in [0.29, 0.717) is 29.4 Å². The molecule has 0 aliphatic carbocycles. The lowest BCUT2D eigenvalue weighted by Crippen LogP contribution is -2.32. The third kappa shape index (κ3) is 4.50. The number of hydrogen-bond donors (Lipinski definition) is 2. The fourth-order valence-electron chi connectivity index (χ4n) is 2.76. The van der Waals surface area contributed by atoms with Crippen LogP contribution in [0.4, 0.5) is 0 Å². The summed E-state index contributed by atoms with van der Waals surface area (Å²) in [5.41, 5.74) is 9.37. The molecule has 3 rings (SSSR count). The number of nitrogens with zero attached hydrogens (tertiary/aromatic N) is 2. The highest BCUT2D eigenvalue weighted by Crippen LogP contribution is 2.14. The minimum atomic E-state index is -0.248. The van der Waals surface area contributed by atoms with Gasteiger partial charge in [-0.15, -0.1) is 0 Å². The van der Waals surface area contributed by atoms with Gasteiger partial charge in [-0.1, -0.05) is 54.1 Å². The van der Waals surface area contributed by atoms with Crippen molar-refractivity contribution in [1.82, 2.24) is 15.1 Å². The number of carbonyl (C=O) groups excluding carboxylic acids is 1. The molecule has 0 unspecified atom stereocenters. The van der Waals surface area contributed by atoms with Crippen LogP contribution in [-0.4, -0.2) is 22.2 Å². The van der Waals surface area contributed by atoms with Crippen molar-refractivity contribution in [1.29, 1.82) is 0 Å². The first-order valence-corrected chi connectivity index (χ1v) is 8.78. The number of aryl methyl sites for hydroxylation is 1. The number of carbonyl (C=O) groups is 1. The van der Waals surface area contributed by atoms with Gasteiger partial charge in [0.25, 0.3) is 5.91 Å². The Morgan fingerprint density at radius 3 is 2.73 bits per heavy atom. The summed E-state index contributed by atoms with van der Waals surface area (Å²) in [6.45, 7) is 2.74. The second kappa shape index (κ2) is 8.17. The summed E-state index contributed by atoms with van der Waals surface area (Å²) < 4.78 is 1.74. The Bertz CT molecular complexity index is 892. The molecule has 0 fully saturated rings. The first-order valence-electron chi connectivity index (χ1n) is 8.40. The molecular weight excluding hydrogens is 348 g/mol. The normalized spacial score (nSPS) is 12.0. The Labute approximate surface area is 157 Å². The quantitative estimate of drug-likeness (QED) is 0.701. The predicted molar refractivity (Wildman–Crippen MR) is 103 cm³/mol. The van der Waals surface area contributed by atoms with Crippen LogP contribution >= 0.6 is 11.6 Å². The number of benzene rings is 2. The Morgan fingerprint density at radius 2 is 2.00 bits per heavy atom. The highest BCUT2D eigenvalue weighted by molar-refractivity contribution is 6.30. The number of amides is 1. The van der Waals surface area contributed by atoms with Crippen LogP contribution in [0.3, 0.4) is 0 Å². The van der Waals surface area contributed by atoms with Gasteiger partial charge in [0, 0.05) is 23.8 Å². The van der Waals surface area contributed by atoms with Gasteiger partial charge in [0.2, 0.25) is 0 Å². The third-order valence-electron chi connectivity index (χ3n) is 4.13. The van der Waals surface area contributed by atoms with Gasteiger partial charge >= 0.3 is 0 Å². The molecular formula is C20H21ClN4O. The number of aromatic nitrogens is 2. The third-order valence-corrected chi connectivity index (χ3v) is 4.37. The van der Waals surface area contributed by atoms with Crippen LogP contribution in [0.25, 0.3) is 0 Å². The van der Waals surface area contributed by atoms with Crippen molar-refractivity contribution in [2.45, 2.75) is 19.5 Å². The predicted octanol–water partition coefficient (Wildman–Crippen LogP) is 3.32. The summed E-state index contributed by atoms with van der Waals surface area (Å²) >= 11 is 6.01. The van der Waals surface area contributed by atoms with Gasteiger partial charge in [0.05, 0.1) is 17.8 Å². The van der Waals surface area contributed by atoms with E-state index in [2.05, 4.69) is 10.4 Å². The molecule has 0 aliphatic rings. The van der Waals surface area contributed by atoms with E-state index in [4.69, 9.17) is 17.3 Å². The molecule has 0 radical (unpaired) electrons. The number of nitrogens with two attached hydrogens (primary N) is 1. The first-order chi connectivity index (χ1) is 12.5. The molecule has 134 valence electrons. The van der Waals surface area contributed by atoms with Gasteiger partial charge < -0.3 is 11.1 Å². The molecule has 1 amide bonds. The maximum absolute atomic E-state index is 12.5. The molecule has 3 aromatic rings. The van der Waals surface area contributed by atoms with Crippen LogP contribution in [0, 0.1) is 6.92 Å². The second-order valence-electron chi connectivity index (χ2n) is 6.18. The summed E-state index contributed by atoms with van der Waals surface area (Å²) in [7, 11) is 0. The minimum absolute atomic E-state index is 0.175. The summed E-state index contributed by atoms with van der Waals surface area (Å²) in [5, 5.41) is 7.99. The number of hydrogen-bond acceptors (Lipinski definition) is 3. The minimum Gasteiger partial charge on any atom is -0.350 e. The lowest BCUT2D eigenvalue weighted by Gasteiger charge is -2.12. The van der Waals surface area contributed by atoms with Crippen molar-refractivity contribution >= 4 is 17.5 Å². The van der Waals surface area contributed by atoms with E-state index in [1.54, 1.807) is 10.9 Å². The Morgan fingerprint density at radius 1 is 1.23 bits per heavy atom. The first kappa shape index (κ1) is 18.2. The monoisotopic (exact) mass is 368 g/mol. The van der Waals surface area contributed by atoms with Crippen LogP contribution < -0.4 is 11.1 Å². The van der Waals surface area contributed by atoms with E-state index >= 15 is 0 Å². The van der Waals surface area contributed by atoms with E-state index in [-0.39, 0.29) is 11.9 Å². The van der Waals surface area contributed by atoms with E-state index in [1.165, 1.54) is 0 Å². The molecule has 26 heavy (non-hydrogen) atoms. The molecule has 0 spiro atoms. The van der Waals surface area contributed by atoms with Gasteiger partial charge in [0.15, 0.2) is 0 Å². The second-order valence-corrected chi connectivity index (χ2v) is 6.62. The van der Waals surface area contributed by atoms with Crippen molar-refractivity contribution in [3.8, 4) is 0 Å². The average Bonchev–Trinajstić information content (AvgIpc) is 3.00. The zero-order valence-corrected chi connectivity index (χ0v) is 15.3. The fraction of sp³-hybridized carbons (Fsp3) is 0.200. The van der Waals surface area contributed by atoms with E-state index in [9.17, 15) is 4.79 Å². The highest BCUT2D eigenvalue weighted by atomic mass is 35.5. The average molecular weight is 369 g/mol. The van der Waals surface area contributed by atoms with Crippen LogP contribution in [-0.2, 0) is 6.54 Å². The van der Waals surface area contributed by atoms with Gasteiger partial charge in [-0.05, 0) is 30.2 Å². The summed E-state index contributed by atoms with van der Waals surface area (Å²) in [4.78, 5) is 12.5. The van der Waals surface area contributed by atoms with Gasteiger partial charge in [-0.2, -0.15) is 5.10 Å². The van der Waals surface area contributed by atoms with Crippen molar-refractivity contribution in [3.63, 3.8) is 0 Å². The SMILES string of the molecule is Cc1nn(Cc2cccc(Cl)c2)cc1C(=O)NC[C@H](N)c1ccccc1. The van der Waals surface area contributed by atoms with Crippen molar-refractivity contribution in [2.24, 2.45) is 5.73 Å². The zero-order valence-electron chi connectivity index (χ0n) is 14.5. The topological polar surface area (TPSA) is 72.9 Å². The van der Waals surface area contributed by atoms with Crippen LogP contribution in [0.15, 0.2) is 60.8 Å². The molecule has 0 saturated heterocycles. The van der Waals surface area contributed by atoms with Crippen molar-refractivity contribution in [3.05, 3.63) is 88.2 Å². The van der Waals surface area contributed by atoms with Gasteiger partial charge in [-0.3, -0.25) is 9.48 Å². The van der Waals surface area contributed by atoms with Crippen LogP contribution in [0.5, 0.6) is 0 Å². The van der Waals surface area contributed by atoms with E-state index in [0.717, 1.165) is 11.1 Å². The smallest absolute Gasteiger partial charge is 0.254 e. The Kier molecular flexibility index (Phi) is 5.71. The molecule has 1 atom stereocenters. The molecule has 1 heterocycles. The van der Waals surface area contributed by atoms with E-state index in [1.807, 2.05) is 61.5 Å². The Hall–Kier alpha value is -2.63. The molecule has 5 nitrogen and oxygen atoms in total. The number of rotatable bonds is 6. The fourth-order valence-corrected chi connectivity index (χ4v) is 2.97. The largest absolute Gasteiger partial charge is 0.350 e. The lowest BCUT2D eigenvalue weighted by molar-refractivity contribution is 0.0950. The molecule has 0 bridgehead atoms. The molecule has 6 heteroatoms. The highest BCUT2D eigenvalue weighted by Gasteiger charge is 2.15. The maximum Gasteiger partial charge on any atom is 0.254 e. The van der Waals surface area contributed by atoms with Crippen LogP contribution in [0.1, 0.15) is 33.2 Å². The standard InChI is InChI=1S/C20H21ClN4O/c1-14-18(13-25(24-14)12-15-6-5-9-17(21)10-15)20(26)23-11-19(22)16-7-3-2-4-8-16/h2-10,13,19H,11-12,22H2,1H3,(H,23,26)/t19-/m0/s1. The van der Waals surface area contributed by atoms with Crippen molar-refractivity contribution in [2.75, 3.05) is 6.54 Å². The Balaban J connectivity index is 1.63. The number of halogens is 1. The van der Waals surface area contributed by atoms with Gasteiger partial charge in [-0.25, -0.2) is 0 Å². The summed E-state index contributed by atoms with van der Waals surface area (Å²) in [6.07, 6.45) is 1.75. The molecule has 0 saturated carbocycles. The molecule has 1 aromatic heterocycles. The maximum atomic E-state index is 12.5. The van der Waals surface area contributed by atoms with Gasteiger partial charge in [0.1, 0.15) is 0 Å². The molecule has 3 N–H and O–H groups in total. The molecule has 2 aromatic carbocycles.